The number of amides is 2. The van der Waals surface area contributed by atoms with Crippen LogP contribution in [0.3, 0.4) is 0 Å². The van der Waals surface area contributed by atoms with Gasteiger partial charge in [0.25, 0.3) is 0 Å². The summed E-state index contributed by atoms with van der Waals surface area (Å²) in [5.74, 6) is 1.47. The van der Waals surface area contributed by atoms with E-state index in [9.17, 15) is 9.59 Å². The third-order valence-electron chi connectivity index (χ3n) is 2.92. The number of aliphatic carboxylic acids is 1. The number of benzene rings is 1. The van der Waals surface area contributed by atoms with Crippen LogP contribution < -0.4 is 10.6 Å². The van der Waals surface area contributed by atoms with Gasteiger partial charge in [-0.2, -0.15) is 0 Å². The maximum atomic E-state index is 11.7. The lowest BCUT2D eigenvalue weighted by Gasteiger charge is -2.15. The van der Waals surface area contributed by atoms with E-state index in [0.29, 0.717) is 13.0 Å². The van der Waals surface area contributed by atoms with Gasteiger partial charge in [0, 0.05) is 19.4 Å². The predicted molar refractivity (Wildman–Crippen MR) is 80.8 cm³/mol. The van der Waals surface area contributed by atoms with Crippen LogP contribution in [0.1, 0.15) is 24.8 Å². The molecule has 21 heavy (non-hydrogen) atoms. The first-order chi connectivity index (χ1) is 10.1. The lowest BCUT2D eigenvalue weighted by atomic mass is 10.1. The number of unbranched alkanes of at least 4 members (excludes halogenated alkanes) is 2. The summed E-state index contributed by atoms with van der Waals surface area (Å²) in [7, 11) is 0. The van der Waals surface area contributed by atoms with Crippen LogP contribution in [0.25, 0.3) is 0 Å². The smallest absolute Gasteiger partial charge is 0.326 e. The summed E-state index contributed by atoms with van der Waals surface area (Å²) in [6, 6.07) is 7.76. The molecule has 0 saturated heterocycles. The number of hydrogen-bond donors (Lipinski definition) is 3. The van der Waals surface area contributed by atoms with E-state index in [1.54, 1.807) is 0 Å². The lowest BCUT2D eigenvalue weighted by molar-refractivity contribution is -0.139. The molecule has 0 spiro atoms. The fourth-order valence-electron chi connectivity index (χ4n) is 1.81. The van der Waals surface area contributed by atoms with Gasteiger partial charge in [-0.15, -0.1) is 12.3 Å². The zero-order valence-corrected chi connectivity index (χ0v) is 11.8. The first kappa shape index (κ1) is 16.6. The van der Waals surface area contributed by atoms with Crippen LogP contribution in [0.2, 0.25) is 0 Å². The number of carboxylic acid groups (broad SMARTS) is 1. The third kappa shape index (κ3) is 7.02. The van der Waals surface area contributed by atoms with E-state index in [1.165, 1.54) is 0 Å². The largest absolute Gasteiger partial charge is 0.480 e. The number of carbonyl (C=O) groups is 2. The van der Waals surface area contributed by atoms with Crippen LogP contribution >= 0.6 is 0 Å². The minimum absolute atomic E-state index is 0.251. The molecule has 0 aliphatic carbocycles. The van der Waals surface area contributed by atoms with Gasteiger partial charge >= 0.3 is 12.0 Å². The minimum atomic E-state index is -1.05. The van der Waals surface area contributed by atoms with Crippen LogP contribution in [0, 0.1) is 12.3 Å². The number of nitrogens with one attached hydrogen (secondary N) is 2. The molecule has 0 radical (unpaired) electrons. The van der Waals surface area contributed by atoms with Crippen molar-refractivity contribution in [2.24, 2.45) is 0 Å². The summed E-state index contributed by atoms with van der Waals surface area (Å²) in [6.07, 6.45) is 7.66. The van der Waals surface area contributed by atoms with Crippen LogP contribution in [0.15, 0.2) is 30.3 Å². The summed E-state index contributed by atoms with van der Waals surface area (Å²) in [5.41, 5.74) is 0.860. The molecular weight excluding hydrogens is 268 g/mol. The number of terminal acetylenes is 1. The molecule has 5 nitrogen and oxygen atoms in total. The van der Waals surface area contributed by atoms with Crippen molar-refractivity contribution in [3.05, 3.63) is 35.9 Å². The Hall–Kier alpha value is -2.48. The molecule has 0 fully saturated rings. The maximum absolute atomic E-state index is 11.7. The van der Waals surface area contributed by atoms with Crippen molar-refractivity contribution in [3.8, 4) is 12.3 Å². The van der Waals surface area contributed by atoms with Gasteiger partial charge in [-0.1, -0.05) is 30.3 Å². The Labute approximate surface area is 124 Å². The monoisotopic (exact) mass is 288 g/mol. The molecule has 2 amide bonds. The quantitative estimate of drug-likeness (QED) is 0.504. The average molecular weight is 288 g/mol. The van der Waals surface area contributed by atoms with Gasteiger partial charge in [0.2, 0.25) is 0 Å². The Bertz CT molecular complexity index is 494. The van der Waals surface area contributed by atoms with Crippen molar-refractivity contribution < 1.29 is 14.7 Å². The molecular formula is C16H20N2O3. The predicted octanol–water partition coefficient (Wildman–Crippen LogP) is 1.78. The molecule has 0 saturated carbocycles. The number of hydrogen-bond acceptors (Lipinski definition) is 2. The molecule has 5 heteroatoms. The van der Waals surface area contributed by atoms with E-state index in [1.807, 2.05) is 30.3 Å². The summed E-state index contributed by atoms with van der Waals surface area (Å²) in [5, 5.41) is 14.3. The SMILES string of the molecule is C#CCCCCNC(=O)N[C@H](Cc1ccccc1)C(=O)O. The van der Waals surface area contributed by atoms with Crippen molar-refractivity contribution in [2.45, 2.75) is 31.7 Å². The van der Waals surface area contributed by atoms with E-state index in [2.05, 4.69) is 16.6 Å². The lowest BCUT2D eigenvalue weighted by Crippen LogP contribution is -2.47. The van der Waals surface area contributed by atoms with E-state index >= 15 is 0 Å². The molecule has 0 aromatic heterocycles. The van der Waals surface area contributed by atoms with Crippen molar-refractivity contribution >= 4 is 12.0 Å². The Morgan fingerprint density at radius 3 is 2.57 bits per heavy atom. The van der Waals surface area contributed by atoms with Crippen molar-refractivity contribution in [3.63, 3.8) is 0 Å². The molecule has 0 heterocycles. The average Bonchev–Trinajstić information content (AvgIpc) is 2.47. The Kier molecular flexibility index (Phi) is 7.44. The normalized spacial score (nSPS) is 11.2. The molecule has 1 atom stereocenters. The molecule has 0 bridgehead atoms. The van der Waals surface area contributed by atoms with Gasteiger partial charge < -0.3 is 15.7 Å². The second-order valence-corrected chi connectivity index (χ2v) is 4.64. The van der Waals surface area contributed by atoms with E-state index < -0.39 is 18.0 Å². The number of rotatable bonds is 8. The van der Waals surface area contributed by atoms with Crippen LogP contribution in [-0.4, -0.2) is 29.7 Å². The maximum Gasteiger partial charge on any atom is 0.326 e. The highest BCUT2D eigenvalue weighted by molar-refractivity contribution is 5.82. The molecule has 1 rings (SSSR count). The summed E-state index contributed by atoms with van der Waals surface area (Å²) < 4.78 is 0. The standard InChI is InChI=1S/C16H20N2O3/c1-2-3-4-8-11-17-16(21)18-14(15(19)20)12-13-9-6-5-7-10-13/h1,5-7,9-10,14H,3-4,8,11-12H2,(H,19,20)(H2,17,18,21)/t14-/m1/s1. The van der Waals surface area contributed by atoms with E-state index in [-0.39, 0.29) is 6.42 Å². The molecule has 3 N–H and O–H groups in total. The van der Waals surface area contributed by atoms with E-state index in [4.69, 9.17) is 11.5 Å². The van der Waals surface area contributed by atoms with Crippen LogP contribution in [-0.2, 0) is 11.2 Å². The second-order valence-electron chi connectivity index (χ2n) is 4.64. The second kappa shape index (κ2) is 9.43. The zero-order chi connectivity index (χ0) is 15.5. The number of urea groups is 1. The summed E-state index contributed by atoms with van der Waals surface area (Å²) in [4.78, 5) is 22.8. The van der Waals surface area contributed by atoms with Crippen molar-refractivity contribution in [1.82, 2.24) is 10.6 Å². The highest BCUT2D eigenvalue weighted by Crippen LogP contribution is 2.03. The Balaban J connectivity index is 2.38. The molecule has 0 aliphatic heterocycles. The fraction of sp³-hybridized carbons (Fsp3) is 0.375. The van der Waals surface area contributed by atoms with Crippen molar-refractivity contribution in [1.29, 1.82) is 0 Å². The van der Waals surface area contributed by atoms with Crippen molar-refractivity contribution in [2.75, 3.05) is 6.54 Å². The van der Waals surface area contributed by atoms with Crippen LogP contribution in [0.4, 0.5) is 4.79 Å². The van der Waals surface area contributed by atoms with Gasteiger partial charge in [0.15, 0.2) is 0 Å². The van der Waals surface area contributed by atoms with Gasteiger partial charge in [0.1, 0.15) is 6.04 Å². The number of carboxylic acids is 1. The van der Waals surface area contributed by atoms with Gasteiger partial charge in [-0.25, -0.2) is 9.59 Å². The van der Waals surface area contributed by atoms with Gasteiger partial charge in [0.05, 0.1) is 0 Å². The third-order valence-corrected chi connectivity index (χ3v) is 2.92. The fourth-order valence-corrected chi connectivity index (χ4v) is 1.81. The molecule has 0 unspecified atom stereocenters. The van der Waals surface area contributed by atoms with Gasteiger partial charge in [-0.3, -0.25) is 0 Å². The molecule has 112 valence electrons. The summed E-state index contributed by atoms with van der Waals surface area (Å²) >= 11 is 0. The van der Waals surface area contributed by atoms with E-state index in [0.717, 1.165) is 18.4 Å². The zero-order valence-electron chi connectivity index (χ0n) is 11.8. The topological polar surface area (TPSA) is 78.4 Å². The highest BCUT2D eigenvalue weighted by atomic mass is 16.4. The first-order valence-corrected chi connectivity index (χ1v) is 6.88. The number of carbonyl (C=O) groups excluding carboxylic acids is 1. The van der Waals surface area contributed by atoms with Crippen LogP contribution in [0.5, 0.6) is 0 Å². The highest BCUT2D eigenvalue weighted by Gasteiger charge is 2.19. The Morgan fingerprint density at radius 1 is 1.24 bits per heavy atom. The minimum Gasteiger partial charge on any atom is -0.480 e. The Morgan fingerprint density at radius 2 is 1.95 bits per heavy atom. The van der Waals surface area contributed by atoms with Gasteiger partial charge in [-0.05, 0) is 18.4 Å². The molecule has 0 aliphatic rings. The first-order valence-electron chi connectivity index (χ1n) is 6.88. The molecule has 1 aromatic rings. The molecule has 1 aromatic carbocycles. The summed E-state index contributed by atoms with van der Waals surface area (Å²) in [6.45, 7) is 0.477.